The summed E-state index contributed by atoms with van der Waals surface area (Å²) in [5.74, 6) is 1.32. The molecule has 0 amide bonds. The Morgan fingerprint density at radius 3 is 2.71 bits per heavy atom. The Morgan fingerprint density at radius 1 is 1.24 bits per heavy atom. The minimum atomic E-state index is 0.553. The molecule has 0 saturated carbocycles. The van der Waals surface area contributed by atoms with E-state index in [0.717, 1.165) is 16.9 Å². The SMILES string of the molecule is CCOc1noc(C)c1/C=C/c1ccccc1. The Morgan fingerprint density at radius 2 is 2.00 bits per heavy atom. The minimum Gasteiger partial charge on any atom is -0.475 e. The molecule has 17 heavy (non-hydrogen) atoms. The molecule has 0 atom stereocenters. The summed E-state index contributed by atoms with van der Waals surface area (Å²) in [7, 11) is 0. The van der Waals surface area contributed by atoms with Crippen molar-refractivity contribution in [3.05, 3.63) is 47.2 Å². The molecule has 2 rings (SSSR count). The third-order valence-corrected chi connectivity index (χ3v) is 2.40. The Labute approximate surface area is 101 Å². The first-order valence-electron chi connectivity index (χ1n) is 5.63. The van der Waals surface area contributed by atoms with E-state index in [1.807, 2.05) is 56.3 Å². The molecule has 3 heteroatoms. The molecule has 0 fully saturated rings. The minimum absolute atomic E-state index is 0.553. The first kappa shape index (κ1) is 11.5. The molecule has 1 heterocycles. The average molecular weight is 229 g/mol. The molecule has 0 aliphatic carbocycles. The number of aryl methyl sites for hydroxylation is 1. The fourth-order valence-corrected chi connectivity index (χ4v) is 1.53. The number of nitrogens with zero attached hydrogens (tertiary/aromatic N) is 1. The van der Waals surface area contributed by atoms with Crippen molar-refractivity contribution in [3.8, 4) is 5.88 Å². The normalized spacial score (nSPS) is 10.9. The second kappa shape index (κ2) is 5.34. The highest BCUT2D eigenvalue weighted by Crippen LogP contribution is 2.23. The Bertz CT molecular complexity index is 500. The fraction of sp³-hybridized carbons (Fsp3) is 0.214. The quantitative estimate of drug-likeness (QED) is 0.804. The first-order valence-corrected chi connectivity index (χ1v) is 5.63. The molecule has 0 radical (unpaired) electrons. The van der Waals surface area contributed by atoms with E-state index >= 15 is 0 Å². The number of hydrogen-bond donors (Lipinski definition) is 0. The number of aromatic nitrogens is 1. The summed E-state index contributed by atoms with van der Waals surface area (Å²) in [5.41, 5.74) is 2.03. The van der Waals surface area contributed by atoms with E-state index in [1.54, 1.807) is 0 Å². The number of benzene rings is 1. The van der Waals surface area contributed by atoms with Crippen molar-refractivity contribution in [2.75, 3.05) is 6.61 Å². The molecule has 1 aromatic heterocycles. The molecule has 0 spiro atoms. The highest BCUT2D eigenvalue weighted by Gasteiger charge is 2.10. The summed E-state index contributed by atoms with van der Waals surface area (Å²) in [6.45, 7) is 4.38. The highest BCUT2D eigenvalue weighted by atomic mass is 16.5. The summed E-state index contributed by atoms with van der Waals surface area (Å²) in [6.07, 6.45) is 3.98. The van der Waals surface area contributed by atoms with E-state index in [0.29, 0.717) is 12.5 Å². The number of hydrogen-bond acceptors (Lipinski definition) is 3. The van der Waals surface area contributed by atoms with E-state index in [4.69, 9.17) is 9.26 Å². The van der Waals surface area contributed by atoms with E-state index < -0.39 is 0 Å². The molecule has 3 nitrogen and oxygen atoms in total. The lowest BCUT2D eigenvalue weighted by molar-refractivity contribution is 0.291. The smallest absolute Gasteiger partial charge is 0.261 e. The number of ether oxygens (including phenoxy) is 1. The lowest BCUT2D eigenvalue weighted by Gasteiger charge is -1.98. The average Bonchev–Trinajstić information content (AvgIpc) is 2.70. The van der Waals surface area contributed by atoms with Gasteiger partial charge in [-0.25, -0.2) is 0 Å². The van der Waals surface area contributed by atoms with Crippen LogP contribution in [0.1, 0.15) is 23.8 Å². The fourth-order valence-electron chi connectivity index (χ4n) is 1.53. The molecular weight excluding hydrogens is 214 g/mol. The molecule has 1 aromatic carbocycles. The van der Waals surface area contributed by atoms with Gasteiger partial charge in [-0.2, -0.15) is 0 Å². The van der Waals surface area contributed by atoms with Gasteiger partial charge >= 0.3 is 0 Å². The summed E-state index contributed by atoms with van der Waals surface area (Å²) in [6, 6.07) is 10.1. The van der Waals surface area contributed by atoms with Crippen molar-refractivity contribution < 1.29 is 9.26 Å². The van der Waals surface area contributed by atoms with Crippen molar-refractivity contribution in [1.82, 2.24) is 5.16 Å². The van der Waals surface area contributed by atoms with E-state index in [1.165, 1.54) is 0 Å². The molecule has 0 bridgehead atoms. The lowest BCUT2D eigenvalue weighted by atomic mass is 10.1. The van der Waals surface area contributed by atoms with Gasteiger partial charge < -0.3 is 9.26 Å². The molecule has 0 aliphatic heterocycles. The second-order valence-electron chi connectivity index (χ2n) is 3.63. The molecule has 88 valence electrons. The van der Waals surface area contributed by atoms with Gasteiger partial charge in [-0.1, -0.05) is 36.4 Å². The van der Waals surface area contributed by atoms with Crippen molar-refractivity contribution in [1.29, 1.82) is 0 Å². The van der Waals surface area contributed by atoms with Crippen LogP contribution >= 0.6 is 0 Å². The van der Waals surface area contributed by atoms with Crippen LogP contribution in [0.2, 0.25) is 0 Å². The van der Waals surface area contributed by atoms with Crippen LogP contribution in [-0.4, -0.2) is 11.8 Å². The molecular formula is C14H15NO2. The van der Waals surface area contributed by atoms with Gasteiger partial charge in [0, 0.05) is 0 Å². The summed E-state index contributed by atoms with van der Waals surface area (Å²) in [5, 5.41) is 3.87. The van der Waals surface area contributed by atoms with Gasteiger partial charge in [-0.05, 0) is 30.6 Å². The standard InChI is InChI=1S/C14H15NO2/c1-3-16-14-13(11(2)17-15-14)10-9-12-7-5-4-6-8-12/h4-10H,3H2,1-2H3/b10-9+. The summed E-state index contributed by atoms with van der Waals surface area (Å²) >= 11 is 0. The van der Waals surface area contributed by atoms with Crippen molar-refractivity contribution in [2.24, 2.45) is 0 Å². The molecule has 0 unspecified atom stereocenters. The van der Waals surface area contributed by atoms with Crippen molar-refractivity contribution >= 4 is 12.2 Å². The molecule has 0 N–H and O–H groups in total. The Hall–Kier alpha value is -2.03. The Balaban J connectivity index is 2.23. The molecule has 2 aromatic rings. The van der Waals surface area contributed by atoms with Gasteiger partial charge in [0.25, 0.3) is 5.88 Å². The van der Waals surface area contributed by atoms with Gasteiger partial charge in [0.2, 0.25) is 0 Å². The van der Waals surface area contributed by atoms with Gasteiger partial charge in [0.15, 0.2) is 0 Å². The maximum atomic E-state index is 5.39. The van der Waals surface area contributed by atoms with Gasteiger partial charge in [0.05, 0.1) is 12.2 Å². The van der Waals surface area contributed by atoms with Crippen LogP contribution < -0.4 is 4.74 Å². The van der Waals surface area contributed by atoms with E-state index in [9.17, 15) is 0 Å². The summed E-state index contributed by atoms with van der Waals surface area (Å²) in [4.78, 5) is 0. The predicted octanol–water partition coefficient (Wildman–Crippen LogP) is 3.55. The maximum absolute atomic E-state index is 5.39. The predicted molar refractivity (Wildman–Crippen MR) is 67.8 cm³/mol. The first-order chi connectivity index (χ1) is 8.31. The van der Waals surface area contributed by atoms with Crippen molar-refractivity contribution in [2.45, 2.75) is 13.8 Å². The van der Waals surface area contributed by atoms with Crippen LogP contribution in [0, 0.1) is 6.92 Å². The largest absolute Gasteiger partial charge is 0.475 e. The Kier molecular flexibility index (Phi) is 3.60. The third kappa shape index (κ3) is 2.75. The lowest BCUT2D eigenvalue weighted by Crippen LogP contribution is -1.92. The van der Waals surface area contributed by atoms with Crippen LogP contribution in [-0.2, 0) is 0 Å². The van der Waals surface area contributed by atoms with Crippen LogP contribution in [0.4, 0.5) is 0 Å². The van der Waals surface area contributed by atoms with Gasteiger partial charge in [-0.3, -0.25) is 0 Å². The van der Waals surface area contributed by atoms with Crippen molar-refractivity contribution in [3.63, 3.8) is 0 Å². The molecule has 0 saturated heterocycles. The monoisotopic (exact) mass is 229 g/mol. The van der Waals surface area contributed by atoms with Gasteiger partial charge in [0.1, 0.15) is 5.76 Å². The van der Waals surface area contributed by atoms with Crippen LogP contribution in [0.5, 0.6) is 5.88 Å². The van der Waals surface area contributed by atoms with Crippen LogP contribution in [0.3, 0.4) is 0 Å². The zero-order valence-electron chi connectivity index (χ0n) is 10.0. The van der Waals surface area contributed by atoms with Crippen LogP contribution in [0.25, 0.3) is 12.2 Å². The van der Waals surface area contributed by atoms with Gasteiger partial charge in [-0.15, -0.1) is 0 Å². The highest BCUT2D eigenvalue weighted by molar-refractivity contribution is 5.72. The zero-order valence-corrected chi connectivity index (χ0v) is 10.0. The zero-order chi connectivity index (χ0) is 12.1. The molecule has 0 aliphatic rings. The van der Waals surface area contributed by atoms with E-state index in [-0.39, 0.29) is 0 Å². The van der Waals surface area contributed by atoms with Crippen LogP contribution in [0.15, 0.2) is 34.9 Å². The topological polar surface area (TPSA) is 35.3 Å². The second-order valence-corrected chi connectivity index (χ2v) is 3.63. The summed E-state index contributed by atoms with van der Waals surface area (Å²) < 4.78 is 10.5. The third-order valence-electron chi connectivity index (χ3n) is 2.40. The van der Waals surface area contributed by atoms with E-state index in [2.05, 4.69) is 5.16 Å². The number of rotatable bonds is 4. The maximum Gasteiger partial charge on any atom is 0.261 e.